The molecule has 3 nitrogen and oxygen atoms in total. The van der Waals surface area contributed by atoms with Crippen LogP contribution in [-0.4, -0.2) is 34.5 Å². The van der Waals surface area contributed by atoms with Crippen molar-refractivity contribution in [3.05, 3.63) is 0 Å². The normalized spacial score (nSPS) is 23.6. The summed E-state index contributed by atoms with van der Waals surface area (Å²) in [5, 5.41) is 23.1. The van der Waals surface area contributed by atoms with Crippen LogP contribution in [0.3, 0.4) is 0 Å². The Hall–Kier alpha value is -0.120. The van der Waals surface area contributed by atoms with Gasteiger partial charge in [0.15, 0.2) is 0 Å². The summed E-state index contributed by atoms with van der Waals surface area (Å²) in [6.45, 7) is 6.53. The molecule has 1 fully saturated rings. The molecule has 0 saturated heterocycles. The summed E-state index contributed by atoms with van der Waals surface area (Å²) in [4.78, 5) is 0. The van der Waals surface area contributed by atoms with Crippen molar-refractivity contribution in [1.29, 1.82) is 0 Å². The molecule has 15 heavy (non-hydrogen) atoms. The molecule has 0 heterocycles. The van der Waals surface area contributed by atoms with E-state index in [1.54, 1.807) is 0 Å². The summed E-state index contributed by atoms with van der Waals surface area (Å²) in [5.74, 6) is 0.395. The monoisotopic (exact) mass is 215 g/mol. The van der Waals surface area contributed by atoms with Crippen molar-refractivity contribution >= 4 is 0 Å². The van der Waals surface area contributed by atoms with E-state index in [9.17, 15) is 10.2 Å². The van der Waals surface area contributed by atoms with Gasteiger partial charge in [0.25, 0.3) is 0 Å². The fraction of sp³-hybridized carbons (Fsp3) is 1.00. The van der Waals surface area contributed by atoms with E-state index in [1.165, 1.54) is 6.42 Å². The molecular weight excluding hydrogens is 190 g/mol. The zero-order valence-corrected chi connectivity index (χ0v) is 10.2. The molecule has 0 spiro atoms. The summed E-state index contributed by atoms with van der Waals surface area (Å²) in [6.07, 6.45) is 3.48. The Morgan fingerprint density at radius 1 is 1.40 bits per heavy atom. The average molecular weight is 215 g/mol. The number of hydrogen-bond donors (Lipinski definition) is 3. The Kier molecular flexibility index (Phi) is 4.56. The number of rotatable bonds is 6. The minimum atomic E-state index is -0.684. The van der Waals surface area contributed by atoms with Gasteiger partial charge in [-0.25, -0.2) is 0 Å². The van der Waals surface area contributed by atoms with E-state index in [4.69, 9.17) is 0 Å². The van der Waals surface area contributed by atoms with E-state index in [0.29, 0.717) is 24.9 Å². The molecule has 1 aliphatic carbocycles. The molecule has 0 aliphatic heterocycles. The van der Waals surface area contributed by atoms with Gasteiger partial charge in [0.1, 0.15) is 0 Å². The molecule has 1 rings (SSSR count). The van der Waals surface area contributed by atoms with Crippen molar-refractivity contribution in [2.45, 2.75) is 64.2 Å². The molecule has 0 aromatic rings. The Morgan fingerprint density at radius 2 is 2.00 bits per heavy atom. The Balaban J connectivity index is 2.25. The van der Waals surface area contributed by atoms with Gasteiger partial charge < -0.3 is 15.5 Å². The lowest BCUT2D eigenvalue weighted by Gasteiger charge is -2.40. The van der Waals surface area contributed by atoms with Gasteiger partial charge in [0.2, 0.25) is 0 Å². The van der Waals surface area contributed by atoms with Crippen molar-refractivity contribution in [1.82, 2.24) is 5.32 Å². The lowest BCUT2D eigenvalue weighted by molar-refractivity contribution is -0.0668. The van der Waals surface area contributed by atoms with Gasteiger partial charge in [-0.2, -0.15) is 0 Å². The number of nitrogens with one attached hydrogen (secondary N) is 1. The Labute approximate surface area is 92.9 Å². The third kappa shape index (κ3) is 4.09. The first kappa shape index (κ1) is 12.9. The van der Waals surface area contributed by atoms with E-state index >= 15 is 0 Å². The summed E-state index contributed by atoms with van der Waals surface area (Å²) >= 11 is 0. The third-order valence-corrected chi connectivity index (χ3v) is 3.40. The SMILES string of the molecule is CC(C)NCC(O)CC(C)(O)C1CCC1. The van der Waals surface area contributed by atoms with Crippen LogP contribution < -0.4 is 5.32 Å². The number of hydrogen-bond acceptors (Lipinski definition) is 3. The van der Waals surface area contributed by atoms with Crippen molar-refractivity contribution in [2.24, 2.45) is 5.92 Å². The highest BCUT2D eigenvalue weighted by Crippen LogP contribution is 2.38. The minimum Gasteiger partial charge on any atom is -0.392 e. The number of aliphatic hydroxyl groups excluding tert-OH is 1. The highest BCUT2D eigenvalue weighted by atomic mass is 16.3. The molecule has 0 aromatic carbocycles. The van der Waals surface area contributed by atoms with E-state index in [-0.39, 0.29) is 0 Å². The van der Waals surface area contributed by atoms with Crippen molar-refractivity contribution in [3.63, 3.8) is 0 Å². The van der Waals surface area contributed by atoms with Crippen molar-refractivity contribution in [3.8, 4) is 0 Å². The molecule has 0 aromatic heterocycles. The van der Waals surface area contributed by atoms with Crippen LogP contribution in [0, 0.1) is 5.92 Å². The molecule has 1 saturated carbocycles. The van der Waals surface area contributed by atoms with Crippen LogP contribution in [0.5, 0.6) is 0 Å². The van der Waals surface area contributed by atoms with Crippen LogP contribution in [0.4, 0.5) is 0 Å². The summed E-state index contributed by atoms with van der Waals surface area (Å²) in [5.41, 5.74) is -0.684. The predicted molar refractivity (Wildman–Crippen MR) is 61.7 cm³/mol. The van der Waals surface area contributed by atoms with Crippen molar-refractivity contribution in [2.75, 3.05) is 6.54 Å². The Morgan fingerprint density at radius 3 is 2.40 bits per heavy atom. The zero-order chi connectivity index (χ0) is 11.5. The molecule has 3 N–H and O–H groups in total. The van der Waals surface area contributed by atoms with Crippen LogP contribution in [0.1, 0.15) is 46.5 Å². The summed E-state index contributed by atoms with van der Waals surface area (Å²) in [7, 11) is 0. The van der Waals surface area contributed by atoms with Gasteiger partial charge in [-0.15, -0.1) is 0 Å². The topological polar surface area (TPSA) is 52.5 Å². The molecule has 0 bridgehead atoms. The lowest BCUT2D eigenvalue weighted by Crippen LogP contribution is -2.44. The minimum absolute atomic E-state index is 0.383. The van der Waals surface area contributed by atoms with E-state index in [2.05, 4.69) is 19.2 Å². The smallest absolute Gasteiger partial charge is 0.0692 e. The second-order valence-corrected chi connectivity index (χ2v) is 5.41. The molecule has 90 valence electrons. The lowest BCUT2D eigenvalue weighted by atomic mass is 9.71. The highest BCUT2D eigenvalue weighted by molar-refractivity contribution is 4.89. The largest absolute Gasteiger partial charge is 0.392 e. The average Bonchev–Trinajstić information content (AvgIpc) is 1.95. The molecule has 1 aliphatic rings. The molecule has 2 unspecified atom stereocenters. The summed E-state index contributed by atoms with van der Waals surface area (Å²) < 4.78 is 0. The van der Waals surface area contributed by atoms with Crippen LogP contribution in [0.25, 0.3) is 0 Å². The maximum atomic E-state index is 10.2. The van der Waals surface area contributed by atoms with E-state index in [0.717, 1.165) is 12.8 Å². The summed E-state index contributed by atoms with van der Waals surface area (Å²) in [6, 6.07) is 0.383. The zero-order valence-electron chi connectivity index (χ0n) is 10.2. The van der Waals surface area contributed by atoms with Crippen LogP contribution in [0.2, 0.25) is 0 Å². The molecule has 0 amide bonds. The first-order valence-electron chi connectivity index (χ1n) is 6.05. The first-order chi connectivity index (χ1) is 6.92. The molecular formula is C12H25NO2. The van der Waals surface area contributed by atoms with Crippen LogP contribution >= 0.6 is 0 Å². The van der Waals surface area contributed by atoms with Gasteiger partial charge in [0, 0.05) is 19.0 Å². The van der Waals surface area contributed by atoms with Crippen molar-refractivity contribution < 1.29 is 10.2 Å². The molecule has 3 heteroatoms. The number of aliphatic hydroxyl groups is 2. The van der Waals surface area contributed by atoms with Gasteiger partial charge >= 0.3 is 0 Å². The van der Waals surface area contributed by atoms with Gasteiger partial charge in [-0.1, -0.05) is 20.3 Å². The van der Waals surface area contributed by atoms with Crippen LogP contribution in [-0.2, 0) is 0 Å². The fourth-order valence-corrected chi connectivity index (χ4v) is 2.12. The predicted octanol–water partition coefficient (Wildman–Crippen LogP) is 1.29. The van der Waals surface area contributed by atoms with E-state index in [1.807, 2.05) is 6.92 Å². The van der Waals surface area contributed by atoms with Gasteiger partial charge in [-0.3, -0.25) is 0 Å². The quantitative estimate of drug-likeness (QED) is 0.626. The maximum absolute atomic E-state index is 10.2. The maximum Gasteiger partial charge on any atom is 0.0692 e. The first-order valence-corrected chi connectivity index (χ1v) is 6.05. The molecule has 0 radical (unpaired) electrons. The van der Waals surface area contributed by atoms with Gasteiger partial charge in [0.05, 0.1) is 11.7 Å². The van der Waals surface area contributed by atoms with Gasteiger partial charge in [-0.05, 0) is 25.7 Å². The third-order valence-electron chi connectivity index (χ3n) is 3.40. The fourth-order valence-electron chi connectivity index (χ4n) is 2.12. The second-order valence-electron chi connectivity index (χ2n) is 5.41. The van der Waals surface area contributed by atoms with Crippen LogP contribution in [0.15, 0.2) is 0 Å². The Bertz CT molecular complexity index is 188. The standard InChI is InChI=1S/C12H25NO2/c1-9(2)13-8-11(14)7-12(3,15)10-5-4-6-10/h9-11,13-15H,4-8H2,1-3H3. The second kappa shape index (κ2) is 5.28. The molecule has 2 atom stereocenters. The van der Waals surface area contributed by atoms with E-state index < -0.39 is 11.7 Å². The highest BCUT2D eigenvalue weighted by Gasteiger charge is 2.37.